The van der Waals surface area contributed by atoms with Crippen molar-refractivity contribution in [2.75, 3.05) is 6.61 Å². The maximum atomic E-state index is 10.1. The summed E-state index contributed by atoms with van der Waals surface area (Å²) in [6.07, 6.45) is 4.83. The Kier molecular flexibility index (Phi) is 2.64. The van der Waals surface area contributed by atoms with E-state index in [1.54, 1.807) is 0 Å². The first-order valence-electron chi connectivity index (χ1n) is 3.38. The second-order valence-corrected chi connectivity index (χ2v) is 3.54. The monoisotopic (exact) mass is 178 g/mol. The van der Waals surface area contributed by atoms with Crippen LogP contribution in [-0.2, 0) is 14.6 Å². The molecule has 0 spiro atoms. The highest BCUT2D eigenvalue weighted by molar-refractivity contribution is 7.80. The normalized spacial score (nSPS) is 18.5. The molecule has 0 amide bonds. The minimum Gasteiger partial charge on any atom is -0.264 e. The molecule has 0 saturated carbocycles. The molecule has 0 aromatic heterocycles. The van der Waals surface area contributed by atoms with E-state index in [9.17, 15) is 8.42 Å². The van der Waals surface area contributed by atoms with Gasteiger partial charge in [-0.3, -0.25) is 4.55 Å². The average molecular weight is 178 g/mol. The Morgan fingerprint density at radius 1 is 1.64 bits per heavy atom. The first kappa shape index (κ1) is 8.70. The largest absolute Gasteiger partial charge is 0.397 e. The van der Waals surface area contributed by atoms with E-state index in [1.165, 1.54) is 0 Å². The van der Waals surface area contributed by atoms with Crippen LogP contribution in [-0.4, -0.2) is 19.6 Å². The summed E-state index contributed by atoms with van der Waals surface area (Å²) >= 11 is 0. The molecule has 1 aliphatic carbocycles. The zero-order chi connectivity index (χ0) is 8.32. The SMILES string of the molecule is O=S(=O)(O)OCC1=CCCC1. The molecule has 0 radical (unpaired) electrons. The maximum Gasteiger partial charge on any atom is 0.397 e. The van der Waals surface area contributed by atoms with E-state index >= 15 is 0 Å². The third-order valence-electron chi connectivity index (χ3n) is 1.53. The van der Waals surface area contributed by atoms with Crippen LogP contribution in [0.4, 0.5) is 0 Å². The molecule has 1 aliphatic rings. The van der Waals surface area contributed by atoms with Crippen LogP contribution < -0.4 is 0 Å². The predicted octanol–water partition coefficient (Wildman–Crippen LogP) is 0.916. The Morgan fingerprint density at radius 3 is 2.82 bits per heavy atom. The fourth-order valence-electron chi connectivity index (χ4n) is 1.02. The Morgan fingerprint density at radius 2 is 2.36 bits per heavy atom. The van der Waals surface area contributed by atoms with Gasteiger partial charge in [0.2, 0.25) is 0 Å². The molecular formula is C6H10O4S. The molecule has 0 aliphatic heterocycles. The predicted molar refractivity (Wildman–Crippen MR) is 39.4 cm³/mol. The molecule has 11 heavy (non-hydrogen) atoms. The van der Waals surface area contributed by atoms with Crippen LogP contribution in [0.3, 0.4) is 0 Å². The van der Waals surface area contributed by atoms with Crippen LogP contribution in [0.15, 0.2) is 11.6 Å². The maximum absolute atomic E-state index is 10.1. The Balaban J connectivity index is 2.33. The van der Waals surface area contributed by atoms with Gasteiger partial charge in [-0.2, -0.15) is 8.42 Å². The third-order valence-corrected chi connectivity index (χ3v) is 1.94. The van der Waals surface area contributed by atoms with Crippen LogP contribution in [0.2, 0.25) is 0 Å². The van der Waals surface area contributed by atoms with Gasteiger partial charge in [0, 0.05) is 0 Å². The Labute approximate surface area is 65.8 Å². The zero-order valence-corrected chi connectivity index (χ0v) is 6.80. The van der Waals surface area contributed by atoms with Crippen LogP contribution >= 0.6 is 0 Å². The van der Waals surface area contributed by atoms with Crippen molar-refractivity contribution in [3.05, 3.63) is 11.6 Å². The van der Waals surface area contributed by atoms with Gasteiger partial charge in [0.15, 0.2) is 0 Å². The summed E-state index contributed by atoms with van der Waals surface area (Å²) in [6, 6.07) is 0. The van der Waals surface area contributed by atoms with Crippen molar-refractivity contribution in [1.29, 1.82) is 0 Å². The van der Waals surface area contributed by atoms with Gasteiger partial charge in [0.1, 0.15) is 0 Å². The van der Waals surface area contributed by atoms with Crippen molar-refractivity contribution in [1.82, 2.24) is 0 Å². The molecule has 4 nitrogen and oxygen atoms in total. The summed E-state index contributed by atoms with van der Waals surface area (Å²) in [4.78, 5) is 0. The lowest BCUT2D eigenvalue weighted by Gasteiger charge is -1.99. The van der Waals surface area contributed by atoms with Gasteiger partial charge in [0.25, 0.3) is 0 Å². The summed E-state index contributed by atoms with van der Waals surface area (Å²) in [5, 5.41) is 0. The summed E-state index contributed by atoms with van der Waals surface area (Å²) in [7, 11) is -4.25. The fraction of sp³-hybridized carbons (Fsp3) is 0.667. The number of hydrogen-bond acceptors (Lipinski definition) is 3. The van der Waals surface area contributed by atoms with E-state index in [4.69, 9.17) is 4.55 Å². The van der Waals surface area contributed by atoms with Gasteiger partial charge >= 0.3 is 10.4 Å². The highest BCUT2D eigenvalue weighted by Crippen LogP contribution is 2.17. The van der Waals surface area contributed by atoms with Gasteiger partial charge in [0.05, 0.1) is 6.61 Å². The van der Waals surface area contributed by atoms with Gasteiger partial charge < -0.3 is 0 Å². The minimum absolute atomic E-state index is 0.00116. The van der Waals surface area contributed by atoms with Gasteiger partial charge in [-0.15, -0.1) is 0 Å². The van der Waals surface area contributed by atoms with Gasteiger partial charge in [-0.1, -0.05) is 6.08 Å². The molecule has 5 heteroatoms. The van der Waals surface area contributed by atoms with Crippen molar-refractivity contribution < 1.29 is 17.2 Å². The lowest BCUT2D eigenvalue weighted by Crippen LogP contribution is -2.05. The lowest BCUT2D eigenvalue weighted by molar-refractivity contribution is 0.288. The number of allylic oxidation sites excluding steroid dienone is 1. The summed E-state index contributed by atoms with van der Waals surface area (Å²) in [5.41, 5.74) is 0.947. The molecule has 0 fully saturated rings. The molecule has 1 N–H and O–H groups in total. The van der Waals surface area contributed by atoms with Crippen molar-refractivity contribution in [2.24, 2.45) is 0 Å². The third kappa shape index (κ3) is 3.50. The van der Waals surface area contributed by atoms with E-state index < -0.39 is 10.4 Å². The molecular weight excluding hydrogens is 168 g/mol. The molecule has 0 aromatic carbocycles. The van der Waals surface area contributed by atoms with E-state index in [1.807, 2.05) is 6.08 Å². The Bertz CT molecular complexity index is 252. The molecule has 0 saturated heterocycles. The first-order chi connectivity index (χ1) is 5.08. The van der Waals surface area contributed by atoms with Crippen molar-refractivity contribution >= 4 is 10.4 Å². The van der Waals surface area contributed by atoms with E-state index in [2.05, 4.69) is 4.18 Å². The van der Waals surface area contributed by atoms with Crippen LogP contribution in [0, 0.1) is 0 Å². The summed E-state index contributed by atoms with van der Waals surface area (Å²) < 4.78 is 32.6. The van der Waals surface area contributed by atoms with Crippen LogP contribution in [0.1, 0.15) is 19.3 Å². The fourth-order valence-corrected chi connectivity index (χ4v) is 1.32. The Hall–Kier alpha value is -0.390. The van der Waals surface area contributed by atoms with E-state index in [0.29, 0.717) is 0 Å². The highest BCUT2D eigenvalue weighted by Gasteiger charge is 2.09. The van der Waals surface area contributed by atoms with Crippen molar-refractivity contribution in [3.63, 3.8) is 0 Å². The van der Waals surface area contributed by atoms with E-state index in [-0.39, 0.29) is 6.61 Å². The quantitative estimate of drug-likeness (QED) is 0.515. The topological polar surface area (TPSA) is 63.6 Å². The molecule has 0 atom stereocenters. The molecule has 64 valence electrons. The molecule has 0 unspecified atom stereocenters. The molecule has 1 rings (SSSR count). The smallest absolute Gasteiger partial charge is 0.264 e. The van der Waals surface area contributed by atoms with Crippen LogP contribution in [0.25, 0.3) is 0 Å². The summed E-state index contributed by atoms with van der Waals surface area (Å²) in [6.45, 7) is -0.00116. The number of rotatable bonds is 3. The molecule has 0 heterocycles. The molecule has 0 aromatic rings. The highest BCUT2D eigenvalue weighted by atomic mass is 32.3. The molecule has 0 bridgehead atoms. The first-order valence-corrected chi connectivity index (χ1v) is 4.74. The van der Waals surface area contributed by atoms with Gasteiger partial charge in [-0.05, 0) is 24.8 Å². The second-order valence-electron chi connectivity index (χ2n) is 2.44. The number of hydrogen-bond donors (Lipinski definition) is 1. The van der Waals surface area contributed by atoms with Crippen LogP contribution in [0.5, 0.6) is 0 Å². The standard InChI is InChI=1S/C6H10O4S/c7-11(8,9)10-5-6-3-1-2-4-6/h3H,1-2,4-5H2,(H,7,8,9). The van der Waals surface area contributed by atoms with Crippen molar-refractivity contribution in [3.8, 4) is 0 Å². The second kappa shape index (κ2) is 3.34. The minimum atomic E-state index is -4.25. The van der Waals surface area contributed by atoms with Gasteiger partial charge in [-0.25, -0.2) is 4.18 Å². The summed E-state index contributed by atoms with van der Waals surface area (Å²) in [5.74, 6) is 0. The average Bonchev–Trinajstić information content (AvgIpc) is 2.32. The van der Waals surface area contributed by atoms with Crippen molar-refractivity contribution in [2.45, 2.75) is 19.3 Å². The van der Waals surface area contributed by atoms with E-state index in [0.717, 1.165) is 24.8 Å². The zero-order valence-electron chi connectivity index (χ0n) is 5.99. The lowest BCUT2D eigenvalue weighted by atomic mass is 10.2.